The van der Waals surface area contributed by atoms with E-state index in [2.05, 4.69) is 18.4 Å². The molecule has 0 N–H and O–H groups in total. The van der Waals surface area contributed by atoms with Crippen molar-refractivity contribution in [3.8, 4) is 23.3 Å². The van der Waals surface area contributed by atoms with Crippen molar-refractivity contribution in [2.45, 2.75) is 47.2 Å². The summed E-state index contributed by atoms with van der Waals surface area (Å²) in [4.78, 5) is 20.4. The molecular formula is C29H35ClN4O4. The summed E-state index contributed by atoms with van der Waals surface area (Å²) in [5.41, 5.74) is 3.15. The number of aromatic nitrogens is 2. The SMILES string of the molecule is COc1ccc(C(=O)N(CCC(C)C)Cc2nc(C)c(C)n2Cc2ccccc2OCC#N)c(Cl)c1OC. The van der Waals surface area contributed by atoms with Gasteiger partial charge in [-0.3, -0.25) is 4.79 Å². The van der Waals surface area contributed by atoms with Crippen LogP contribution in [0.5, 0.6) is 17.2 Å². The van der Waals surface area contributed by atoms with Crippen LogP contribution in [0.25, 0.3) is 0 Å². The molecule has 9 heteroatoms. The van der Waals surface area contributed by atoms with Gasteiger partial charge in [0.05, 0.1) is 43.6 Å². The number of nitrogens with zero attached hydrogens (tertiary/aromatic N) is 4. The van der Waals surface area contributed by atoms with Crippen molar-refractivity contribution >= 4 is 17.5 Å². The number of aryl methyl sites for hydroxylation is 1. The zero-order valence-electron chi connectivity index (χ0n) is 22.9. The molecule has 0 bridgehead atoms. The highest BCUT2D eigenvalue weighted by molar-refractivity contribution is 6.35. The first-order valence-corrected chi connectivity index (χ1v) is 12.9. The van der Waals surface area contributed by atoms with Crippen molar-refractivity contribution in [1.82, 2.24) is 14.5 Å². The summed E-state index contributed by atoms with van der Waals surface area (Å²) in [7, 11) is 3.02. The normalized spacial score (nSPS) is 10.8. The molecule has 0 atom stereocenters. The van der Waals surface area contributed by atoms with Crippen LogP contribution >= 0.6 is 11.6 Å². The molecule has 3 rings (SSSR count). The van der Waals surface area contributed by atoms with Crippen LogP contribution in [0.3, 0.4) is 0 Å². The second-order valence-electron chi connectivity index (χ2n) is 9.41. The molecule has 202 valence electrons. The summed E-state index contributed by atoms with van der Waals surface area (Å²) in [6.45, 7) is 9.51. The molecule has 0 saturated carbocycles. The molecule has 0 unspecified atom stereocenters. The molecule has 0 fully saturated rings. The molecule has 2 aromatic carbocycles. The number of carbonyl (C=O) groups is 1. The fraction of sp³-hybridized carbons (Fsp3) is 0.414. The van der Waals surface area contributed by atoms with Crippen LogP contribution in [0.2, 0.25) is 5.02 Å². The average Bonchev–Trinajstić information content (AvgIpc) is 3.17. The van der Waals surface area contributed by atoms with E-state index < -0.39 is 0 Å². The van der Waals surface area contributed by atoms with Crippen LogP contribution in [-0.2, 0) is 13.1 Å². The maximum Gasteiger partial charge on any atom is 0.255 e. The number of benzene rings is 2. The van der Waals surface area contributed by atoms with Gasteiger partial charge in [-0.1, -0.05) is 43.6 Å². The molecule has 0 aliphatic carbocycles. The zero-order chi connectivity index (χ0) is 27.8. The van der Waals surface area contributed by atoms with E-state index in [1.807, 2.05) is 44.2 Å². The molecule has 1 aromatic heterocycles. The van der Waals surface area contributed by atoms with E-state index in [4.69, 9.17) is 36.1 Å². The van der Waals surface area contributed by atoms with E-state index in [1.165, 1.54) is 14.2 Å². The average molecular weight is 539 g/mol. The standard InChI is InChI=1S/C29H35ClN4O4/c1-19(2)13-15-33(29(35)23-11-12-25(36-5)28(37-6)27(23)30)18-26-32-20(3)21(4)34(26)17-22-9-7-8-10-24(22)38-16-14-31/h7-12,19H,13,15-18H2,1-6H3. The van der Waals surface area contributed by atoms with Gasteiger partial charge in [0.1, 0.15) is 17.6 Å². The Balaban J connectivity index is 1.99. The van der Waals surface area contributed by atoms with Crippen molar-refractivity contribution in [2.24, 2.45) is 5.92 Å². The predicted molar refractivity (Wildman–Crippen MR) is 147 cm³/mol. The third-order valence-corrected chi connectivity index (χ3v) is 6.82. The van der Waals surface area contributed by atoms with Crippen molar-refractivity contribution in [1.29, 1.82) is 5.26 Å². The summed E-state index contributed by atoms with van der Waals surface area (Å²) in [6.07, 6.45) is 0.820. The summed E-state index contributed by atoms with van der Waals surface area (Å²) in [6, 6.07) is 13.0. The number of carbonyl (C=O) groups excluding carboxylic acids is 1. The Bertz CT molecular complexity index is 1310. The van der Waals surface area contributed by atoms with E-state index in [9.17, 15) is 4.79 Å². The predicted octanol–water partition coefficient (Wildman–Crippen LogP) is 5.81. The number of hydrogen-bond acceptors (Lipinski definition) is 6. The topological polar surface area (TPSA) is 89.6 Å². The number of para-hydroxylation sites is 1. The highest BCUT2D eigenvalue weighted by atomic mass is 35.5. The monoisotopic (exact) mass is 538 g/mol. The smallest absolute Gasteiger partial charge is 0.255 e. The molecule has 38 heavy (non-hydrogen) atoms. The first-order valence-electron chi connectivity index (χ1n) is 12.5. The first-order chi connectivity index (χ1) is 18.2. The van der Waals surface area contributed by atoms with Crippen LogP contribution in [-0.4, -0.2) is 47.7 Å². The lowest BCUT2D eigenvalue weighted by molar-refractivity contribution is 0.0729. The third-order valence-electron chi connectivity index (χ3n) is 6.44. The van der Waals surface area contributed by atoms with Gasteiger partial charge in [-0.25, -0.2) is 4.98 Å². The fourth-order valence-corrected chi connectivity index (χ4v) is 4.49. The Morgan fingerprint density at radius 2 is 1.87 bits per heavy atom. The van der Waals surface area contributed by atoms with Crippen molar-refractivity contribution < 1.29 is 19.0 Å². The molecule has 1 heterocycles. The molecule has 0 aliphatic heterocycles. The first kappa shape index (κ1) is 28.9. The van der Waals surface area contributed by atoms with Gasteiger partial charge in [0.25, 0.3) is 5.91 Å². The Morgan fingerprint density at radius 3 is 2.53 bits per heavy atom. The molecule has 0 radical (unpaired) electrons. The molecular weight excluding hydrogens is 504 g/mol. The summed E-state index contributed by atoms with van der Waals surface area (Å²) in [5, 5.41) is 9.18. The van der Waals surface area contributed by atoms with Gasteiger partial charge in [0.15, 0.2) is 18.1 Å². The van der Waals surface area contributed by atoms with Crippen molar-refractivity contribution in [3.05, 3.63) is 69.8 Å². The fourth-order valence-electron chi connectivity index (χ4n) is 4.17. The van der Waals surface area contributed by atoms with E-state index in [1.54, 1.807) is 17.0 Å². The second-order valence-corrected chi connectivity index (χ2v) is 9.79. The Kier molecular flexibility index (Phi) is 10.0. The van der Waals surface area contributed by atoms with Crippen LogP contribution in [0.1, 0.15) is 53.4 Å². The molecule has 8 nitrogen and oxygen atoms in total. The number of imidazole rings is 1. The number of nitriles is 1. The highest BCUT2D eigenvalue weighted by Crippen LogP contribution is 2.38. The minimum Gasteiger partial charge on any atom is -0.493 e. The minimum atomic E-state index is -0.209. The van der Waals surface area contributed by atoms with Crippen LogP contribution < -0.4 is 14.2 Å². The quantitative estimate of drug-likeness (QED) is 0.289. The van der Waals surface area contributed by atoms with Gasteiger partial charge in [0.2, 0.25) is 0 Å². The minimum absolute atomic E-state index is 0.0324. The van der Waals surface area contributed by atoms with E-state index >= 15 is 0 Å². The maximum atomic E-state index is 13.8. The number of hydrogen-bond donors (Lipinski definition) is 0. The lowest BCUT2D eigenvalue weighted by Crippen LogP contribution is -2.33. The second kappa shape index (κ2) is 13.2. The molecule has 0 saturated heterocycles. The number of methoxy groups -OCH3 is 2. The number of amides is 1. The maximum absolute atomic E-state index is 13.8. The van der Waals surface area contributed by atoms with Gasteiger partial charge in [0, 0.05) is 17.8 Å². The largest absolute Gasteiger partial charge is 0.493 e. The van der Waals surface area contributed by atoms with Gasteiger partial charge in [-0.05, 0) is 44.4 Å². The lowest BCUT2D eigenvalue weighted by Gasteiger charge is -2.25. The van der Waals surface area contributed by atoms with Gasteiger partial charge >= 0.3 is 0 Å². The summed E-state index contributed by atoms with van der Waals surface area (Å²) >= 11 is 6.61. The Morgan fingerprint density at radius 1 is 1.13 bits per heavy atom. The van der Waals surface area contributed by atoms with Gasteiger partial charge in [-0.2, -0.15) is 5.26 Å². The van der Waals surface area contributed by atoms with Gasteiger partial charge < -0.3 is 23.7 Å². The molecule has 3 aromatic rings. The lowest BCUT2D eigenvalue weighted by atomic mass is 10.1. The van der Waals surface area contributed by atoms with Crippen molar-refractivity contribution in [3.63, 3.8) is 0 Å². The number of rotatable bonds is 12. The van der Waals surface area contributed by atoms with Crippen LogP contribution in [0, 0.1) is 31.1 Å². The van der Waals surface area contributed by atoms with E-state index in [0.717, 1.165) is 29.2 Å². The van der Waals surface area contributed by atoms with E-state index in [0.29, 0.717) is 48.4 Å². The number of halogens is 1. The van der Waals surface area contributed by atoms with Crippen molar-refractivity contribution in [2.75, 3.05) is 27.4 Å². The van der Waals surface area contributed by atoms with Gasteiger partial charge in [-0.15, -0.1) is 0 Å². The zero-order valence-corrected chi connectivity index (χ0v) is 23.6. The Labute approximate surface area is 229 Å². The highest BCUT2D eigenvalue weighted by Gasteiger charge is 2.25. The van der Waals surface area contributed by atoms with Crippen LogP contribution in [0.4, 0.5) is 0 Å². The number of ether oxygens (including phenoxy) is 3. The molecule has 0 aliphatic rings. The molecule has 0 spiro atoms. The summed E-state index contributed by atoms with van der Waals surface area (Å²) in [5.74, 6) is 2.38. The van der Waals surface area contributed by atoms with Crippen LogP contribution in [0.15, 0.2) is 36.4 Å². The third kappa shape index (κ3) is 6.59. The molecule has 1 amide bonds. The Hall–Kier alpha value is -3.70. The summed E-state index contributed by atoms with van der Waals surface area (Å²) < 4.78 is 18.5. The van der Waals surface area contributed by atoms with E-state index in [-0.39, 0.29) is 17.5 Å².